The standard InChI is InChI=1S/C20H17ClFN3O4/c1-27-14-5-11(6-15(9-14)28-2)19-23-20(29-24-19)12-7-18(26)25(10-12)17-8-13(22)3-4-16(17)21/h3-6,8-9,12H,7,10H2,1-2H3. The Kier molecular flexibility index (Phi) is 5.10. The largest absolute Gasteiger partial charge is 0.497 e. The van der Waals surface area contributed by atoms with Crippen LogP contribution in [0.1, 0.15) is 18.2 Å². The zero-order valence-electron chi connectivity index (χ0n) is 15.7. The van der Waals surface area contributed by atoms with Gasteiger partial charge in [0.05, 0.1) is 30.8 Å². The van der Waals surface area contributed by atoms with Crippen molar-refractivity contribution in [3.63, 3.8) is 0 Å². The topological polar surface area (TPSA) is 77.7 Å². The van der Waals surface area contributed by atoms with E-state index in [0.29, 0.717) is 39.5 Å². The molecule has 1 saturated heterocycles. The zero-order valence-corrected chi connectivity index (χ0v) is 16.4. The molecule has 1 atom stereocenters. The van der Waals surface area contributed by atoms with Crippen molar-refractivity contribution in [2.75, 3.05) is 25.7 Å². The number of ether oxygens (including phenoxy) is 2. The molecule has 1 aliphatic heterocycles. The number of carbonyl (C=O) groups is 1. The highest BCUT2D eigenvalue weighted by molar-refractivity contribution is 6.33. The van der Waals surface area contributed by atoms with Crippen molar-refractivity contribution in [2.45, 2.75) is 12.3 Å². The molecular weight excluding hydrogens is 401 g/mol. The number of nitrogens with zero attached hydrogens (tertiary/aromatic N) is 3. The molecule has 1 unspecified atom stereocenters. The Hall–Kier alpha value is -3.13. The van der Waals surface area contributed by atoms with E-state index < -0.39 is 5.82 Å². The van der Waals surface area contributed by atoms with Gasteiger partial charge in [-0.2, -0.15) is 4.98 Å². The van der Waals surface area contributed by atoms with Crippen molar-refractivity contribution in [1.29, 1.82) is 0 Å². The summed E-state index contributed by atoms with van der Waals surface area (Å²) in [6.07, 6.45) is 0.163. The molecule has 29 heavy (non-hydrogen) atoms. The van der Waals surface area contributed by atoms with E-state index in [1.165, 1.54) is 23.1 Å². The molecular formula is C20H17ClFN3O4. The minimum atomic E-state index is -0.465. The summed E-state index contributed by atoms with van der Waals surface area (Å²) < 4.78 is 29.5. The van der Waals surface area contributed by atoms with Crippen LogP contribution in [0.3, 0.4) is 0 Å². The molecule has 0 radical (unpaired) electrons. The molecule has 1 aromatic heterocycles. The molecule has 0 saturated carbocycles. The van der Waals surface area contributed by atoms with Gasteiger partial charge in [0.25, 0.3) is 0 Å². The Morgan fingerprint density at radius 2 is 1.90 bits per heavy atom. The van der Waals surface area contributed by atoms with Crippen molar-refractivity contribution in [1.82, 2.24) is 10.1 Å². The lowest BCUT2D eigenvalue weighted by molar-refractivity contribution is -0.117. The summed E-state index contributed by atoms with van der Waals surface area (Å²) in [6, 6.07) is 9.17. The Morgan fingerprint density at radius 1 is 1.17 bits per heavy atom. The molecule has 4 rings (SSSR count). The first-order chi connectivity index (χ1) is 14.0. The van der Waals surface area contributed by atoms with E-state index in [1.54, 1.807) is 32.4 Å². The molecule has 0 N–H and O–H groups in total. The van der Waals surface area contributed by atoms with Crippen LogP contribution in [-0.2, 0) is 4.79 Å². The summed E-state index contributed by atoms with van der Waals surface area (Å²) in [4.78, 5) is 18.4. The number of anilines is 1. The average molecular weight is 418 g/mol. The van der Waals surface area contributed by atoms with Crippen molar-refractivity contribution in [2.24, 2.45) is 0 Å². The summed E-state index contributed by atoms with van der Waals surface area (Å²) in [7, 11) is 3.10. The molecule has 7 nitrogen and oxygen atoms in total. The normalized spacial score (nSPS) is 16.3. The number of hydrogen-bond acceptors (Lipinski definition) is 6. The Balaban J connectivity index is 1.59. The van der Waals surface area contributed by atoms with Crippen LogP contribution in [0.2, 0.25) is 5.02 Å². The minimum Gasteiger partial charge on any atom is -0.497 e. The summed E-state index contributed by atoms with van der Waals surface area (Å²) in [6.45, 7) is 0.269. The number of methoxy groups -OCH3 is 2. The molecule has 0 bridgehead atoms. The van der Waals surface area contributed by atoms with Crippen molar-refractivity contribution < 1.29 is 23.2 Å². The summed E-state index contributed by atoms with van der Waals surface area (Å²) in [5.41, 5.74) is 0.988. The van der Waals surface area contributed by atoms with E-state index >= 15 is 0 Å². The van der Waals surface area contributed by atoms with E-state index in [0.717, 1.165) is 0 Å². The van der Waals surface area contributed by atoms with Crippen LogP contribution in [0.5, 0.6) is 11.5 Å². The van der Waals surface area contributed by atoms with Gasteiger partial charge in [-0.05, 0) is 30.3 Å². The monoisotopic (exact) mass is 417 g/mol. The third-order valence-corrected chi connectivity index (χ3v) is 5.04. The fourth-order valence-electron chi connectivity index (χ4n) is 3.25. The Labute approximate surface area is 171 Å². The smallest absolute Gasteiger partial charge is 0.232 e. The number of amides is 1. The highest BCUT2D eigenvalue weighted by Crippen LogP contribution is 2.36. The van der Waals surface area contributed by atoms with E-state index in [2.05, 4.69) is 10.1 Å². The maximum Gasteiger partial charge on any atom is 0.232 e. The van der Waals surface area contributed by atoms with Crippen LogP contribution in [0.25, 0.3) is 11.4 Å². The summed E-state index contributed by atoms with van der Waals surface area (Å²) in [5.74, 6) is 0.882. The molecule has 9 heteroatoms. The molecule has 1 amide bonds. The maximum absolute atomic E-state index is 13.6. The lowest BCUT2D eigenvalue weighted by Gasteiger charge is -2.17. The molecule has 2 heterocycles. The molecule has 0 aliphatic carbocycles. The SMILES string of the molecule is COc1cc(OC)cc(-c2noc(C3CC(=O)N(c4cc(F)ccc4Cl)C3)n2)c1. The lowest BCUT2D eigenvalue weighted by atomic mass is 10.1. The lowest BCUT2D eigenvalue weighted by Crippen LogP contribution is -2.24. The Morgan fingerprint density at radius 3 is 2.59 bits per heavy atom. The van der Waals surface area contributed by atoms with Gasteiger partial charge in [-0.3, -0.25) is 4.79 Å². The summed E-state index contributed by atoms with van der Waals surface area (Å²) in [5, 5.41) is 4.32. The van der Waals surface area contributed by atoms with Gasteiger partial charge >= 0.3 is 0 Å². The summed E-state index contributed by atoms with van der Waals surface area (Å²) >= 11 is 6.14. The number of rotatable bonds is 5. The van der Waals surface area contributed by atoms with Gasteiger partial charge in [0.15, 0.2) is 0 Å². The van der Waals surface area contributed by atoms with Crippen molar-refractivity contribution >= 4 is 23.2 Å². The van der Waals surface area contributed by atoms with E-state index in [9.17, 15) is 9.18 Å². The predicted molar refractivity (Wildman–Crippen MR) is 104 cm³/mol. The first-order valence-corrected chi connectivity index (χ1v) is 9.18. The van der Waals surface area contributed by atoms with Crippen LogP contribution in [0, 0.1) is 5.82 Å². The molecule has 1 fully saturated rings. The fraction of sp³-hybridized carbons (Fsp3) is 0.250. The first-order valence-electron chi connectivity index (χ1n) is 8.81. The van der Waals surface area contributed by atoms with Gasteiger partial charge in [-0.15, -0.1) is 0 Å². The highest BCUT2D eigenvalue weighted by atomic mass is 35.5. The van der Waals surface area contributed by atoms with Crippen molar-refractivity contribution in [3.05, 3.63) is 53.1 Å². The molecule has 1 aliphatic rings. The number of hydrogen-bond donors (Lipinski definition) is 0. The number of carbonyl (C=O) groups excluding carboxylic acids is 1. The predicted octanol–water partition coefficient (Wildman–Crippen LogP) is 4.07. The molecule has 2 aromatic carbocycles. The minimum absolute atomic E-state index is 0.163. The van der Waals surface area contributed by atoms with Crippen molar-refractivity contribution in [3.8, 4) is 22.9 Å². The fourth-order valence-corrected chi connectivity index (χ4v) is 3.47. The number of halogens is 2. The first kappa shape index (κ1) is 19.2. The number of aromatic nitrogens is 2. The second-order valence-electron chi connectivity index (χ2n) is 6.56. The van der Waals surface area contributed by atoms with Crippen LogP contribution in [0.4, 0.5) is 10.1 Å². The van der Waals surface area contributed by atoms with Gasteiger partial charge in [0.1, 0.15) is 17.3 Å². The highest BCUT2D eigenvalue weighted by Gasteiger charge is 2.36. The third kappa shape index (κ3) is 3.75. The maximum atomic E-state index is 13.6. The molecule has 0 spiro atoms. The van der Waals surface area contributed by atoms with E-state index in [-0.39, 0.29) is 24.8 Å². The van der Waals surface area contributed by atoms with E-state index in [4.69, 9.17) is 25.6 Å². The van der Waals surface area contributed by atoms with Crippen LogP contribution in [-0.4, -0.2) is 36.8 Å². The van der Waals surface area contributed by atoms with E-state index in [1.807, 2.05) is 0 Å². The quantitative estimate of drug-likeness (QED) is 0.622. The van der Waals surface area contributed by atoms with Crippen LogP contribution in [0.15, 0.2) is 40.9 Å². The Bertz CT molecular complexity index is 1050. The average Bonchev–Trinajstić information content (AvgIpc) is 3.36. The van der Waals surface area contributed by atoms with Gasteiger partial charge < -0.3 is 18.9 Å². The van der Waals surface area contributed by atoms with Gasteiger partial charge in [0, 0.05) is 24.6 Å². The zero-order chi connectivity index (χ0) is 20.5. The number of benzene rings is 2. The molecule has 3 aromatic rings. The van der Waals surface area contributed by atoms with Crippen LogP contribution >= 0.6 is 11.6 Å². The second-order valence-corrected chi connectivity index (χ2v) is 6.97. The third-order valence-electron chi connectivity index (χ3n) is 4.72. The van der Waals surface area contributed by atoms with Gasteiger partial charge in [0.2, 0.25) is 17.6 Å². The van der Waals surface area contributed by atoms with Gasteiger partial charge in [-0.1, -0.05) is 16.8 Å². The van der Waals surface area contributed by atoms with Crippen LogP contribution < -0.4 is 14.4 Å². The second kappa shape index (κ2) is 7.71. The van der Waals surface area contributed by atoms with Gasteiger partial charge in [-0.25, -0.2) is 4.39 Å². The molecule has 150 valence electrons.